The number of sulfonamides is 1. The minimum absolute atomic E-state index is 0.00462. The predicted octanol–water partition coefficient (Wildman–Crippen LogP) is 4.52. The molecule has 0 radical (unpaired) electrons. The molecule has 7 heteroatoms. The molecule has 0 atom stereocenters. The van der Waals surface area contributed by atoms with E-state index in [1.807, 2.05) is 97.9 Å². The Balaban J connectivity index is 2.02. The molecule has 5 nitrogen and oxygen atoms in total. The molecule has 2 N–H and O–H groups in total. The number of nitrogens with zero attached hydrogens (tertiary/aromatic N) is 1. The van der Waals surface area contributed by atoms with Gasteiger partial charge < -0.3 is 5.11 Å². The van der Waals surface area contributed by atoms with Crippen molar-refractivity contribution in [2.45, 2.75) is 11.8 Å². The zero-order valence-corrected chi connectivity index (χ0v) is 20.7. The molecule has 0 fully saturated rings. The molecule has 4 aromatic carbocycles. The summed E-state index contributed by atoms with van der Waals surface area (Å²) in [6.07, 6.45) is 0. The average Bonchev–Trinajstić information content (AvgIpc) is 2.88. The van der Waals surface area contributed by atoms with E-state index in [-0.39, 0.29) is 10.2 Å². The van der Waals surface area contributed by atoms with Crippen molar-refractivity contribution in [3.8, 4) is 6.07 Å². The van der Waals surface area contributed by atoms with Crippen molar-refractivity contribution in [3.63, 3.8) is 0 Å². The van der Waals surface area contributed by atoms with Crippen LogP contribution in [-0.4, -0.2) is 13.5 Å². The molecule has 4 rings (SSSR count). The van der Waals surface area contributed by atoms with Crippen LogP contribution in [0.2, 0.25) is 0 Å². The van der Waals surface area contributed by atoms with Gasteiger partial charge in [-0.3, -0.25) is 0 Å². The van der Waals surface area contributed by atoms with Crippen LogP contribution in [-0.2, 0) is 10.0 Å². The molecule has 0 saturated carbocycles. The fourth-order valence-electron chi connectivity index (χ4n) is 4.03. The van der Waals surface area contributed by atoms with E-state index in [4.69, 9.17) is 0 Å². The maximum absolute atomic E-state index is 13.1. The maximum Gasteiger partial charge on any atom is 0.264 e. The summed E-state index contributed by atoms with van der Waals surface area (Å²) in [6, 6.07) is 36.8. The summed E-state index contributed by atoms with van der Waals surface area (Å²) in [4.78, 5) is -0.00462. The van der Waals surface area contributed by atoms with Crippen LogP contribution in [0.3, 0.4) is 0 Å². The lowest BCUT2D eigenvalue weighted by Gasteiger charge is -2.26. The summed E-state index contributed by atoms with van der Waals surface area (Å²) in [5.41, 5.74) is 0.906. The summed E-state index contributed by atoms with van der Waals surface area (Å²) in [7, 11) is -7.09. The minimum atomic E-state index is -4.13. The molecule has 0 aliphatic heterocycles. The van der Waals surface area contributed by atoms with Gasteiger partial charge in [-0.1, -0.05) is 72.3 Å². The minimum Gasteiger partial charge on any atom is -0.491 e. The predicted molar refractivity (Wildman–Crippen MR) is 142 cm³/mol. The second-order valence-electron chi connectivity index (χ2n) is 7.91. The largest absolute Gasteiger partial charge is 0.491 e. The smallest absolute Gasteiger partial charge is 0.264 e. The highest BCUT2D eigenvalue weighted by Gasteiger charge is 2.52. The third kappa shape index (κ3) is 4.70. The molecule has 4 aromatic rings. The number of nitrogens with one attached hydrogen (secondary N) is 1. The van der Waals surface area contributed by atoms with Gasteiger partial charge in [-0.2, -0.15) is 5.26 Å². The van der Waals surface area contributed by atoms with Crippen LogP contribution in [0.1, 0.15) is 5.56 Å². The van der Waals surface area contributed by atoms with Gasteiger partial charge >= 0.3 is 0 Å². The molecule has 0 aliphatic rings. The third-order valence-corrected chi connectivity index (χ3v) is 11.2. The number of allylic oxidation sites excluding steroid dienone is 1. The van der Waals surface area contributed by atoms with E-state index in [1.165, 1.54) is 12.1 Å². The first-order chi connectivity index (χ1) is 16.9. The Labute approximate surface area is 206 Å². The van der Waals surface area contributed by atoms with E-state index >= 15 is 0 Å². The highest BCUT2D eigenvalue weighted by molar-refractivity contribution is 7.99. The Morgan fingerprint density at radius 1 is 0.743 bits per heavy atom. The summed E-state index contributed by atoms with van der Waals surface area (Å²) < 4.78 is 28.5. The number of aliphatic hydroxyl groups is 1. The second-order valence-corrected chi connectivity index (χ2v) is 12.9. The lowest BCUT2D eigenvalue weighted by Crippen LogP contribution is -2.34. The maximum atomic E-state index is 13.1. The molecule has 35 heavy (non-hydrogen) atoms. The first-order valence-electron chi connectivity index (χ1n) is 10.9. The monoisotopic (exact) mass is 499 g/mol. The highest BCUT2D eigenvalue weighted by atomic mass is 32.2. The average molecular weight is 500 g/mol. The number of benzene rings is 4. The van der Waals surface area contributed by atoms with Crippen LogP contribution in [0, 0.1) is 18.3 Å². The van der Waals surface area contributed by atoms with Crippen LogP contribution < -0.4 is 20.6 Å². The molecule has 0 unspecified atom stereocenters. The Morgan fingerprint density at radius 2 is 1.14 bits per heavy atom. The molecule has 0 heterocycles. The first kappa shape index (κ1) is 24.2. The fraction of sp³-hybridized carbons (Fsp3) is 0.0357. The molecule has 0 aromatic heterocycles. The number of nitriles is 1. The van der Waals surface area contributed by atoms with Gasteiger partial charge in [0.05, 0.1) is 4.90 Å². The molecule has 174 valence electrons. The van der Waals surface area contributed by atoms with E-state index in [0.717, 1.165) is 21.5 Å². The van der Waals surface area contributed by atoms with Crippen molar-refractivity contribution in [2.75, 3.05) is 0 Å². The van der Waals surface area contributed by atoms with Gasteiger partial charge in [-0.05, 0) is 55.5 Å². The van der Waals surface area contributed by atoms with Gasteiger partial charge in [0.1, 0.15) is 22.0 Å². The summed E-state index contributed by atoms with van der Waals surface area (Å²) in [5, 5.41) is 24.1. The van der Waals surface area contributed by atoms with Crippen molar-refractivity contribution >= 4 is 33.2 Å². The van der Waals surface area contributed by atoms with E-state index < -0.39 is 23.2 Å². The van der Waals surface area contributed by atoms with Crippen molar-refractivity contribution in [2.24, 2.45) is 0 Å². The number of rotatable bonds is 7. The molecular weight excluding hydrogens is 475 g/mol. The number of aliphatic hydroxyl groups excluding tert-OH is 1. The Bertz CT molecular complexity index is 1380. The fourth-order valence-corrected chi connectivity index (χ4v) is 9.12. The lowest BCUT2D eigenvalue weighted by atomic mass is 10.2. The van der Waals surface area contributed by atoms with Crippen molar-refractivity contribution in [1.29, 1.82) is 5.26 Å². The normalized spacial score (nSPS) is 12.3. The summed E-state index contributed by atoms with van der Waals surface area (Å²) in [5.74, 6) is -0.682. The zero-order valence-electron chi connectivity index (χ0n) is 19.0. The Hall–Kier alpha value is -3.91. The van der Waals surface area contributed by atoms with Crippen LogP contribution in [0.15, 0.2) is 131 Å². The van der Waals surface area contributed by atoms with Crippen LogP contribution in [0.4, 0.5) is 0 Å². The number of hydrogen-bond acceptors (Lipinski definition) is 4. The van der Waals surface area contributed by atoms with Crippen molar-refractivity contribution < 1.29 is 13.5 Å². The quantitative estimate of drug-likeness (QED) is 0.222. The SMILES string of the molecule is Cc1ccc(S(=O)(=O)NC(O)=C(C#N)[P+](c2ccccc2)(c2ccccc2)c2ccccc2)cc1. The van der Waals surface area contributed by atoms with Gasteiger partial charge in [0.2, 0.25) is 5.31 Å². The third-order valence-electron chi connectivity index (χ3n) is 5.66. The lowest BCUT2D eigenvalue weighted by molar-refractivity contribution is 0.387. The molecular formula is C28H24N2O3PS+. The van der Waals surface area contributed by atoms with Crippen LogP contribution in [0.25, 0.3) is 0 Å². The topological polar surface area (TPSA) is 90.2 Å². The molecule has 0 aliphatic carbocycles. The van der Waals surface area contributed by atoms with E-state index in [1.54, 1.807) is 12.1 Å². The van der Waals surface area contributed by atoms with E-state index in [9.17, 15) is 18.8 Å². The molecule has 0 amide bonds. The Kier molecular flexibility index (Phi) is 7.02. The van der Waals surface area contributed by atoms with E-state index in [0.29, 0.717) is 0 Å². The molecule has 0 spiro atoms. The van der Waals surface area contributed by atoms with E-state index in [2.05, 4.69) is 10.8 Å². The number of hydrogen-bond donors (Lipinski definition) is 2. The Morgan fingerprint density at radius 3 is 1.51 bits per heavy atom. The van der Waals surface area contributed by atoms with Gasteiger partial charge in [-0.25, -0.2) is 13.1 Å². The molecule has 0 saturated heterocycles. The standard InChI is InChI=1S/C28H23N2O3PS/c1-22-17-19-26(20-18-22)35(32,33)30-28(31)27(21-29)34(23-11-5-2-6-12-23,24-13-7-3-8-14-24)25-15-9-4-10-16-25/h2-20,30H,1H3/p+1. The second kappa shape index (κ2) is 10.1. The van der Waals surface area contributed by atoms with Gasteiger partial charge in [0.25, 0.3) is 15.9 Å². The number of aryl methyl sites for hydroxylation is 1. The summed E-state index contributed by atoms with van der Waals surface area (Å²) >= 11 is 0. The molecule has 0 bridgehead atoms. The zero-order chi connectivity index (χ0) is 24.9. The van der Waals surface area contributed by atoms with Crippen molar-refractivity contribution in [3.05, 3.63) is 132 Å². The van der Waals surface area contributed by atoms with Gasteiger partial charge in [-0.15, -0.1) is 0 Å². The van der Waals surface area contributed by atoms with Crippen LogP contribution >= 0.6 is 7.26 Å². The van der Waals surface area contributed by atoms with Gasteiger partial charge in [0.15, 0.2) is 7.26 Å². The highest BCUT2D eigenvalue weighted by Crippen LogP contribution is 2.62. The van der Waals surface area contributed by atoms with Crippen molar-refractivity contribution in [1.82, 2.24) is 4.72 Å². The summed E-state index contributed by atoms with van der Waals surface area (Å²) in [6.45, 7) is 1.85. The first-order valence-corrected chi connectivity index (χ1v) is 14.2. The van der Waals surface area contributed by atoms with Gasteiger partial charge in [0, 0.05) is 0 Å². The van der Waals surface area contributed by atoms with Crippen LogP contribution in [0.5, 0.6) is 0 Å².